The molecule has 5 aromatic rings. The van der Waals surface area contributed by atoms with Crippen molar-refractivity contribution in [1.82, 2.24) is 0 Å². The standard InChI is InChI=1S/C24H28.C13H12.C11H16/c1-5-18(3)21-11-8-12-23(20-15-13-17(2)14-16-20)24(21)22-10-7-6-9-19(22)4;1-11-7-9-13(10-8-11)12-5-3-2-4-6-12;1-9(2)10(3)11-7-5-4-6-8-11/h6-16,18,21,24H,5H2,1-4H3;2-10H,1H3;4-10H,1-3H3. The summed E-state index contributed by atoms with van der Waals surface area (Å²) in [4.78, 5) is 0. The van der Waals surface area contributed by atoms with Crippen LogP contribution in [0.5, 0.6) is 0 Å². The van der Waals surface area contributed by atoms with Gasteiger partial charge in [0.25, 0.3) is 0 Å². The average molecular weight is 633 g/mol. The highest BCUT2D eigenvalue weighted by atomic mass is 14.3. The van der Waals surface area contributed by atoms with Gasteiger partial charge in [0.05, 0.1) is 0 Å². The van der Waals surface area contributed by atoms with E-state index < -0.39 is 0 Å². The van der Waals surface area contributed by atoms with Gasteiger partial charge < -0.3 is 0 Å². The third-order valence-electron chi connectivity index (χ3n) is 10.0. The molecule has 0 nitrogen and oxygen atoms in total. The maximum absolute atomic E-state index is 2.42. The monoisotopic (exact) mass is 632 g/mol. The summed E-state index contributed by atoms with van der Waals surface area (Å²) in [7, 11) is 0. The topological polar surface area (TPSA) is 0 Å². The molecule has 0 bridgehead atoms. The molecule has 0 saturated carbocycles. The van der Waals surface area contributed by atoms with E-state index in [1.54, 1.807) is 0 Å². The van der Waals surface area contributed by atoms with Crippen molar-refractivity contribution in [2.45, 2.75) is 73.6 Å². The van der Waals surface area contributed by atoms with Gasteiger partial charge in [0.1, 0.15) is 0 Å². The molecular formula is C48H56. The second-order valence-electron chi connectivity index (χ2n) is 13.8. The van der Waals surface area contributed by atoms with Gasteiger partial charge in [-0.25, -0.2) is 0 Å². The summed E-state index contributed by atoms with van der Waals surface area (Å²) in [6.45, 7) is 18.0. The molecule has 0 amide bonds. The molecule has 0 aromatic heterocycles. The van der Waals surface area contributed by atoms with E-state index in [0.29, 0.717) is 23.7 Å². The zero-order valence-electron chi connectivity index (χ0n) is 30.5. The van der Waals surface area contributed by atoms with Gasteiger partial charge in [-0.3, -0.25) is 0 Å². The Balaban J connectivity index is 0.000000182. The fraction of sp³-hybridized carbons (Fsp3) is 0.292. The number of hydrogen-bond donors (Lipinski definition) is 0. The molecule has 1 aliphatic carbocycles. The molecule has 4 atom stereocenters. The molecule has 0 N–H and O–H groups in total. The molecule has 4 unspecified atom stereocenters. The Morgan fingerprint density at radius 3 is 1.58 bits per heavy atom. The van der Waals surface area contributed by atoms with E-state index in [9.17, 15) is 0 Å². The summed E-state index contributed by atoms with van der Waals surface area (Å²) >= 11 is 0. The summed E-state index contributed by atoms with van der Waals surface area (Å²) in [5.41, 5.74) is 12.3. The maximum atomic E-state index is 2.42. The van der Waals surface area contributed by atoms with Crippen molar-refractivity contribution in [3.63, 3.8) is 0 Å². The second-order valence-corrected chi connectivity index (χ2v) is 13.8. The van der Waals surface area contributed by atoms with Crippen molar-refractivity contribution in [2.75, 3.05) is 0 Å². The molecule has 0 aliphatic heterocycles. The van der Waals surface area contributed by atoms with Gasteiger partial charge in [-0.2, -0.15) is 0 Å². The van der Waals surface area contributed by atoms with Crippen LogP contribution in [0.3, 0.4) is 0 Å². The zero-order chi connectivity index (χ0) is 34.5. The van der Waals surface area contributed by atoms with Crippen molar-refractivity contribution >= 4 is 5.57 Å². The first kappa shape index (κ1) is 36.4. The van der Waals surface area contributed by atoms with Crippen LogP contribution >= 0.6 is 0 Å². The largest absolute Gasteiger partial charge is 0.0802 e. The summed E-state index contributed by atoms with van der Waals surface area (Å²) in [5.74, 6) is 3.07. The smallest absolute Gasteiger partial charge is 0.0163 e. The minimum absolute atomic E-state index is 0.439. The van der Waals surface area contributed by atoms with E-state index >= 15 is 0 Å². The Morgan fingerprint density at radius 1 is 0.542 bits per heavy atom. The Kier molecular flexibility index (Phi) is 13.8. The fourth-order valence-electron chi connectivity index (χ4n) is 6.35. The quantitative estimate of drug-likeness (QED) is 0.167. The van der Waals surface area contributed by atoms with E-state index in [2.05, 4.69) is 201 Å². The van der Waals surface area contributed by atoms with Crippen LogP contribution in [0.1, 0.15) is 86.3 Å². The molecule has 0 radical (unpaired) electrons. The van der Waals surface area contributed by atoms with Crippen LogP contribution in [0.25, 0.3) is 16.7 Å². The first-order valence-corrected chi connectivity index (χ1v) is 17.9. The summed E-state index contributed by atoms with van der Waals surface area (Å²) in [6, 6.07) is 47.6. The zero-order valence-corrected chi connectivity index (χ0v) is 30.5. The third-order valence-corrected chi connectivity index (χ3v) is 10.0. The van der Waals surface area contributed by atoms with Crippen LogP contribution in [0, 0.1) is 38.5 Å². The minimum atomic E-state index is 0.439. The molecule has 5 aromatic carbocycles. The van der Waals surface area contributed by atoms with Gasteiger partial charge >= 0.3 is 0 Å². The van der Waals surface area contributed by atoms with E-state index in [0.717, 1.165) is 5.92 Å². The van der Waals surface area contributed by atoms with Crippen LogP contribution in [0.15, 0.2) is 152 Å². The normalized spacial score (nSPS) is 16.5. The van der Waals surface area contributed by atoms with Crippen LogP contribution in [0.2, 0.25) is 0 Å². The van der Waals surface area contributed by atoms with Gasteiger partial charge in [-0.05, 0) is 83.4 Å². The minimum Gasteiger partial charge on any atom is -0.0802 e. The molecule has 1 aliphatic rings. The maximum Gasteiger partial charge on any atom is 0.0163 e. The van der Waals surface area contributed by atoms with Crippen LogP contribution in [0.4, 0.5) is 0 Å². The highest BCUT2D eigenvalue weighted by Gasteiger charge is 2.31. The lowest BCUT2D eigenvalue weighted by atomic mass is 9.69. The van der Waals surface area contributed by atoms with Crippen molar-refractivity contribution in [1.29, 1.82) is 0 Å². The Morgan fingerprint density at radius 2 is 1.04 bits per heavy atom. The number of rotatable bonds is 7. The molecule has 0 spiro atoms. The fourth-order valence-corrected chi connectivity index (χ4v) is 6.35. The van der Waals surface area contributed by atoms with Gasteiger partial charge in [0, 0.05) is 5.92 Å². The Labute approximate surface area is 292 Å². The van der Waals surface area contributed by atoms with Gasteiger partial charge in [0.15, 0.2) is 0 Å². The van der Waals surface area contributed by atoms with Crippen molar-refractivity contribution in [3.05, 3.63) is 185 Å². The van der Waals surface area contributed by atoms with Crippen LogP contribution in [-0.4, -0.2) is 0 Å². The highest BCUT2D eigenvalue weighted by Crippen LogP contribution is 2.45. The molecule has 248 valence electrons. The number of aryl methyl sites for hydroxylation is 3. The summed E-state index contributed by atoms with van der Waals surface area (Å²) in [6.07, 6.45) is 8.21. The van der Waals surface area contributed by atoms with Crippen molar-refractivity contribution in [2.24, 2.45) is 17.8 Å². The lowest BCUT2D eigenvalue weighted by Crippen LogP contribution is -2.22. The van der Waals surface area contributed by atoms with Crippen molar-refractivity contribution < 1.29 is 0 Å². The number of benzene rings is 5. The predicted octanol–water partition coefficient (Wildman–Crippen LogP) is 13.8. The lowest BCUT2D eigenvalue weighted by molar-refractivity contribution is 0.389. The molecule has 48 heavy (non-hydrogen) atoms. The lowest BCUT2D eigenvalue weighted by Gasteiger charge is -2.35. The van der Waals surface area contributed by atoms with E-state index in [1.807, 2.05) is 6.07 Å². The third kappa shape index (κ3) is 10.0. The van der Waals surface area contributed by atoms with Gasteiger partial charge in [-0.1, -0.05) is 204 Å². The first-order valence-electron chi connectivity index (χ1n) is 17.9. The average Bonchev–Trinajstić information content (AvgIpc) is 3.13. The van der Waals surface area contributed by atoms with Gasteiger partial charge in [0.2, 0.25) is 0 Å². The van der Waals surface area contributed by atoms with E-state index in [1.165, 1.54) is 56.5 Å². The summed E-state index contributed by atoms with van der Waals surface area (Å²) in [5, 5.41) is 0. The highest BCUT2D eigenvalue weighted by molar-refractivity contribution is 5.75. The van der Waals surface area contributed by atoms with E-state index in [-0.39, 0.29) is 0 Å². The first-order chi connectivity index (χ1) is 23.2. The SMILES string of the molecule is CC(C)C(C)c1ccccc1.CCC(C)C1C=CC=C(c2ccc(C)cc2)C1c1ccccc1C.Cc1ccc(-c2ccccc2)cc1. The molecule has 0 fully saturated rings. The number of hydrogen-bond acceptors (Lipinski definition) is 0. The summed E-state index contributed by atoms with van der Waals surface area (Å²) < 4.78 is 0. The molecule has 0 heteroatoms. The molecule has 0 saturated heterocycles. The van der Waals surface area contributed by atoms with Crippen LogP contribution < -0.4 is 0 Å². The Bertz CT molecular complexity index is 1700. The van der Waals surface area contributed by atoms with Crippen molar-refractivity contribution in [3.8, 4) is 11.1 Å². The molecular weight excluding hydrogens is 577 g/mol. The van der Waals surface area contributed by atoms with Gasteiger partial charge in [-0.15, -0.1) is 0 Å². The molecule has 6 rings (SSSR count). The van der Waals surface area contributed by atoms with E-state index in [4.69, 9.17) is 0 Å². The molecule has 0 heterocycles. The predicted molar refractivity (Wildman–Crippen MR) is 211 cm³/mol. The Hall–Kier alpha value is -4.42. The second kappa shape index (κ2) is 18.2. The van der Waals surface area contributed by atoms with Crippen LogP contribution in [-0.2, 0) is 0 Å². The number of allylic oxidation sites excluding steroid dienone is 4.